The van der Waals surface area contributed by atoms with Crippen LogP contribution in [0.25, 0.3) is 0 Å². The minimum absolute atomic E-state index is 0.0284. The summed E-state index contributed by atoms with van der Waals surface area (Å²) < 4.78 is 31.9. The molecule has 0 spiro atoms. The number of thiocarbonyl (C=S) groups is 1. The lowest BCUT2D eigenvalue weighted by atomic mass is 10.1. The van der Waals surface area contributed by atoms with Gasteiger partial charge in [-0.3, -0.25) is 0 Å². The van der Waals surface area contributed by atoms with E-state index in [1.54, 1.807) is 31.4 Å². The normalized spacial score (nSPS) is 20.3. The molecule has 0 bridgehead atoms. The Labute approximate surface area is 131 Å². The van der Waals surface area contributed by atoms with Gasteiger partial charge in [-0.25, -0.2) is 8.42 Å². The van der Waals surface area contributed by atoms with Gasteiger partial charge in [-0.1, -0.05) is 36.5 Å². The standard InChI is InChI=1S/C14H20N2O3S2/c1-19-12-6-4-8-16(9-12)21(17,18)10-11-5-2-3-7-13(11)14(15)20/h2-3,5,7,12H,4,6,8-10H2,1H3,(H2,15,20). The van der Waals surface area contributed by atoms with E-state index in [1.807, 2.05) is 0 Å². The molecule has 7 heteroatoms. The van der Waals surface area contributed by atoms with E-state index in [4.69, 9.17) is 22.7 Å². The first kappa shape index (κ1) is 16.4. The van der Waals surface area contributed by atoms with Crippen LogP contribution in [0.2, 0.25) is 0 Å². The topological polar surface area (TPSA) is 72.6 Å². The van der Waals surface area contributed by atoms with Crippen molar-refractivity contribution in [3.8, 4) is 0 Å². The number of methoxy groups -OCH3 is 1. The molecular formula is C14H20N2O3S2. The van der Waals surface area contributed by atoms with Crippen LogP contribution in [0, 0.1) is 0 Å². The summed E-state index contributed by atoms with van der Waals surface area (Å²) in [6.45, 7) is 0.950. The predicted molar refractivity (Wildman–Crippen MR) is 86.6 cm³/mol. The van der Waals surface area contributed by atoms with Crippen molar-refractivity contribution in [3.63, 3.8) is 0 Å². The summed E-state index contributed by atoms with van der Waals surface area (Å²) in [7, 11) is -1.78. The van der Waals surface area contributed by atoms with Crippen LogP contribution < -0.4 is 5.73 Å². The van der Waals surface area contributed by atoms with Crippen molar-refractivity contribution in [2.45, 2.75) is 24.7 Å². The molecule has 1 saturated heterocycles. The van der Waals surface area contributed by atoms with E-state index in [9.17, 15) is 8.42 Å². The van der Waals surface area contributed by atoms with Crippen LogP contribution in [0.15, 0.2) is 24.3 Å². The summed E-state index contributed by atoms with van der Waals surface area (Å²) in [5.74, 6) is -0.0864. The molecule has 2 rings (SSSR count). The Morgan fingerprint density at radius 2 is 2.19 bits per heavy atom. The second-order valence-electron chi connectivity index (χ2n) is 5.14. The summed E-state index contributed by atoms with van der Waals surface area (Å²) in [6, 6.07) is 7.10. The van der Waals surface area contributed by atoms with E-state index in [0.717, 1.165) is 12.8 Å². The third-order valence-electron chi connectivity index (χ3n) is 3.69. The number of hydrogen-bond acceptors (Lipinski definition) is 4. The van der Waals surface area contributed by atoms with Crippen LogP contribution >= 0.6 is 12.2 Å². The molecule has 1 aromatic rings. The first-order valence-electron chi connectivity index (χ1n) is 6.82. The molecule has 1 aliphatic rings. The van der Waals surface area contributed by atoms with Gasteiger partial charge in [0.15, 0.2) is 0 Å². The summed E-state index contributed by atoms with van der Waals surface area (Å²) in [6.07, 6.45) is 1.68. The first-order chi connectivity index (χ1) is 9.94. The van der Waals surface area contributed by atoms with E-state index in [0.29, 0.717) is 24.2 Å². The number of ether oxygens (including phenoxy) is 1. The van der Waals surface area contributed by atoms with Crippen molar-refractivity contribution < 1.29 is 13.2 Å². The van der Waals surface area contributed by atoms with Gasteiger partial charge < -0.3 is 10.5 Å². The number of piperidine rings is 1. The van der Waals surface area contributed by atoms with Gasteiger partial charge in [0.1, 0.15) is 4.99 Å². The van der Waals surface area contributed by atoms with Gasteiger partial charge in [0.2, 0.25) is 10.0 Å². The number of nitrogens with two attached hydrogens (primary N) is 1. The van der Waals surface area contributed by atoms with Gasteiger partial charge in [-0.2, -0.15) is 4.31 Å². The number of rotatable bonds is 5. The highest BCUT2D eigenvalue weighted by Crippen LogP contribution is 2.20. The van der Waals surface area contributed by atoms with E-state index >= 15 is 0 Å². The van der Waals surface area contributed by atoms with Gasteiger partial charge in [0.05, 0.1) is 11.9 Å². The third kappa shape index (κ3) is 4.00. The molecule has 116 valence electrons. The summed E-state index contributed by atoms with van der Waals surface area (Å²) >= 11 is 4.98. The van der Waals surface area contributed by atoms with Crippen molar-refractivity contribution in [2.75, 3.05) is 20.2 Å². The maximum atomic E-state index is 12.6. The monoisotopic (exact) mass is 328 g/mol. The van der Waals surface area contributed by atoms with Crippen LogP contribution in [0.5, 0.6) is 0 Å². The lowest BCUT2D eigenvalue weighted by molar-refractivity contribution is 0.0571. The third-order valence-corrected chi connectivity index (χ3v) is 5.70. The van der Waals surface area contributed by atoms with Crippen molar-refractivity contribution in [1.29, 1.82) is 0 Å². The Kier molecular flexibility index (Phi) is 5.32. The summed E-state index contributed by atoms with van der Waals surface area (Å²) in [5.41, 5.74) is 6.92. The molecule has 1 fully saturated rings. The minimum atomic E-state index is -3.40. The molecule has 1 aromatic carbocycles. The van der Waals surface area contributed by atoms with Gasteiger partial charge in [-0.15, -0.1) is 0 Å². The smallest absolute Gasteiger partial charge is 0.218 e. The zero-order chi connectivity index (χ0) is 15.5. The summed E-state index contributed by atoms with van der Waals surface area (Å²) in [4.78, 5) is 0.217. The molecule has 5 nitrogen and oxygen atoms in total. The largest absolute Gasteiger partial charge is 0.389 e. The molecule has 1 heterocycles. The molecule has 0 aliphatic carbocycles. The molecule has 1 aliphatic heterocycles. The Bertz CT molecular complexity index is 616. The zero-order valence-corrected chi connectivity index (χ0v) is 13.6. The fourth-order valence-corrected chi connectivity index (χ4v) is 4.35. The maximum absolute atomic E-state index is 12.6. The molecule has 21 heavy (non-hydrogen) atoms. The quantitative estimate of drug-likeness (QED) is 0.824. The lowest BCUT2D eigenvalue weighted by Gasteiger charge is -2.31. The molecule has 1 atom stereocenters. The molecule has 0 saturated carbocycles. The Morgan fingerprint density at radius 3 is 2.86 bits per heavy atom. The fourth-order valence-electron chi connectivity index (χ4n) is 2.52. The minimum Gasteiger partial charge on any atom is -0.389 e. The van der Waals surface area contributed by atoms with Gasteiger partial charge >= 0.3 is 0 Å². The van der Waals surface area contributed by atoms with Crippen molar-refractivity contribution >= 4 is 27.2 Å². The highest BCUT2D eigenvalue weighted by molar-refractivity contribution is 7.88. The van der Waals surface area contributed by atoms with Crippen LogP contribution in [0.4, 0.5) is 0 Å². The predicted octanol–water partition coefficient (Wildman–Crippen LogP) is 1.26. The van der Waals surface area contributed by atoms with E-state index in [2.05, 4.69) is 0 Å². The van der Waals surface area contributed by atoms with Crippen LogP contribution in [0.3, 0.4) is 0 Å². The molecule has 2 N–H and O–H groups in total. The van der Waals surface area contributed by atoms with Crippen LogP contribution in [-0.2, 0) is 20.5 Å². The molecule has 0 aromatic heterocycles. The SMILES string of the molecule is COC1CCCN(S(=O)(=O)Cc2ccccc2C(N)=S)C1. The Hall–Kier alpha value is -1.02. The number of hydrogen-bond donors (Lipinski definition) is 1. The van der Waals surface area contributed by atoms with Crippen LogP contribution in [-0.4, -0.2) is 44.0 Å². The number of benzene rings is 1. The molecular weight excluding hydrogens is 308 g/mol. The number of sulfonamides is 1. The van der Waals surface area contributed by atoms with Crippen LogP contribution in [0.1, 0.15) is 24.0 Å². The highest BCUT2D eigenvalue weighted by Gasteiger charge is 2.29. The first-order valence-corrected chi connectivity index (χ1v) is 8.84. The van der Waals surface area contributed by atoms with Gasteiger partial charge in [-0.05, 0) is 18.4 Å². The second-order valence-corrected chi connectivity index (χ2v) is 7.54. The average molecular weight is 328 g/mol. The average Bonchev–Trinajstić information content (AvgIpc) is 2.47. The van der Waals surface area contributed by atoms with Crippen molar-refractivity contribution in [2.24, 2.45) is 5.73 Å². The van der Waals surface area contributed by atoms with Crippen molar-refractivity contribution in [3.05, 3.63) is 35.4 Å². The second kappa shape index (κ2) is 6.83. The highest BCUT2D eigenvalue weighted by atomic mass is 32.2. The fraction of sp³-hybridized carbons (Fsp3) is 0.500. The van der Waals surface area contributed by atoms with Gasteiger partial charge in [0.25, 0.3) is 0 Å². The van der Waals surface area contributed by atoms with Crippen molar-refractivity contribution in [1.82, 2.24) is 4.31 Å². The molecule has 0 radical (unpaired) electrons. The summed E-state index contributed by atoms with van der Waals surface area (Å²) in [5, 5.41) is 0. The van der Waals surface area contributed by atoms with E-state index < -0.39 is 10.0 Å². The van der Waals surface area contributed by atoms with E-state index in [1.165, 1.54) is 4.31 Å². The molecule has 0 amide bonds. The van der Waals surface area contributed by atoms with Gasteiger partial charge in [0, 0.05) is 25.8 Å². The zero-order valence-electron chi connectivity index (χ0n) is 12.0. The number of nitrogens with zero attached hydrogens (tertiary/aromatic N) is 1. The lowest BCUT2D eigenvalue weighted by Crippen LogP contribution is -2.43. The maximum Gasteiger partial charge on any atom is 0.218 e. The van der Waals surface area contributed by atoms with E-state index in [-0.39, 0.29) is 16.8 Å². The Morgan fingerprint density at radius 1 is 1.48 bits per heavy atom. The Balaban J connectivity index is 2.20. The molecule has 1 unspecified atom stereocenters.